The van der Waals surface area contributed by atoms with Gasteiger partial charge in [0, 0.05) is 34.5 Å². The van der Waals surface area contributed by atoms with Gasteiger partial charge in [0.1, 0.15) is 0 Å². The van der Waals surface area contributed by atoms with Crippen molar-refractivity contribution in [1.29, 1.82) is 0 Å². The maximum atomic E-state index is 12.9. The molecule has 2 aromatic carbocycles. The van der Waals surface area contributed by atoms with Crippen LogP contribution in [0.25, 0.3) is 16.6 Å². The third-order valence-electron chi connectivity index (χ3n) is 6.36. The summed E-state index contributed by atoms with van der Waals surface area (Å²) in [5.74, 6) is -0.0896. The van der Waals surface area contributed by atoms with E-state index >= 15 is 0 Å². The quantitative estimate of drug-likeness (QED) is 0.366. The average molecular weight is 444 g/mol. The van der Waals surface area contributed by atoms with E-state index in [-0.39, 0.29) is 40.1 Å². The number of fused-ring (bicyclic) bond motifs is 6. The molecule has 32 heavy (non-hydrogen) atoms. The molecule has 2 aliphatic rings. The summed E-state index contributed by atoms with van der Waals surface area (Å²) < 4.78 is 1.39. The Kier molecular flexibility index (Phi) is 4.07. The van der Waals surface area contributed by atoms with E-state index in [2.05, 4.69) is 22.5 Å². The molecule has 2 heterocycles. The highest BCUT2D eigenvalue weighted by atomic mass is 35.5. The minimum absolute atomic E-state index is 0.0180. The number of hydrogen-bond donors (Lipinski definition) is 3. The number of aromatic nitrogens is 2. The van der Waals surface area contributed by atoms with Gasteiger partial charge in [-0.2, -0.15) is 0 Å². The summed E-state index contributed by atoms with van der Waals surface area (Å²) in [7, 11) is 0. The van der Waals surface area contributed by atoms with Crippen LogP contribution in [0.15, 0.2) is 66.9 Å². The Balaban J connectivity index is 1.34. The average Bonchev–Trinajstić information content (AvgIpc) is 3.47. The Morgan fingerprint density at radius 2 is 1.75 bits per heavy atom. The standard InChI is InChI=1S/C25H18ClN3O3/c26-18-12-16(29-24(31)20-14-6-7-15(11-14)21(20)25(29)32)8-9-17(18)23(30)28-19-5-1-3-13-4-2-10-27-22(13)19/h1-10,12,14-15,31-32H,11H2,(H,28,30)/t14-,15+. The molecule has 2 atom stereocenters. The van der Waals surface area contributed by atoms with Gasteiger partial charge in [-0.15, -0.1) is 0 Å². The fourth-order valence-electron chi connectivity index (χ4n) is 4.91. The maximum Gasteiger partial charge on any atom is 0.257 e. The molecule has 4 aromatic rings. The van der Waals surface area contributed by atoms with E-state index in [1.807, 2.05) is 24.3 Å². The van der Waals surface area contributed by atoms with Crippen molar-refractivity contribution < 1.29 is 15.0 Å². The first-order valence-corrected chi connectivity index (χ1v) is 10.7. The van der Waals surface area contributed by atoms with E-state index in [9.17, 15) is 15.0 Å². The van der Waals surface area contributed by atoms with Crippen molar-refractivity contribution in [2.24, 2.45) is 0 Å². The van der Waals surface area contributed by atoms with Crippen molar-refractivity contribution in [2.75, 3.05) is 5.32 Å². The predicted molar refractivity (Wildman–Crippen MR) is 123 cm³/mol. The van der Waals surface area contributed by atoms with E-state index in [4.69, 9.17) is 11.6 Å². The summed E-state index contributed by atoms with van der Waals surface area (Å²) in [6, 6.07) is 14.1. The number of nitrogens with one attached hydrogen (secondary N) is 1. The molecule has 0 spiro atoms. The molecule has 2 aromatic heterocycles. The minimum Gasteiger partial charge on any atom is -0.494 e. The van der Waals surface area contributed by atoms with Gasteiger partial charge in [-0.3, -0.25) is 14.3 Å². The summed E-state index contributed by atoms with van der Waals surface area (Å²) >= 11 is 6.46. The van der Waals surface area contributed by atoms with Gasteiger partial charge in [-0.25, -0.2) is 0 Å². The van der Waals surface area contributed by atoms with Gasteiger partial charge in [0.05, 0.1) is 27.5 Å². The maximum absolute atomic E-state index is 12.9. The van der Waals surface area contributed by atoms with Crippen LogP contribution in [-0.2, 0) is 0 Å². The smallest absolute Gasteiger partial charge is 0.257 e. The third-order valence-corrected chi connectivity index (χ3v) is 6.67. The summed E-state index contributed by atoms with van der Waals surface area (Å²) in [5.41, 5.74) is 3.60. The molecular weight excluding hydrogens is 426 g/mol. The van der Waals surface area contributed by atoms with E-state index in [1.54, 1.807) is 30.5 Å². The lowest BCUT2D eigenvalue weighted by Gasteiger charge is -2.13. The fourth-order valence-corrected chi connectivity index (χ4v) is 5.17. The molecule has 2 aliphatic carbocycles. The van der Waals surface area contributed by atoms with Crippen LogP contribution in [-0.4, -0.2) is 25.7 Å². The van der Waals surface area contributed by atoms with Crippen molar-refractivity contribution in [2.45, 2.75) is 18.3 Å². The van der Waals surface area contributed by atoms with Gasteiger partial charge in [-0.05, 0) is 36.8 Å². The highest BCUT2D eigenvalue weighted by Crippen LogP contribution is 2.57. The first-order valence-electron chi connectivity index (χ1n) is 10.3. The van der Waals surface area contributed by atoms with Crippen LogP contribution in [0.2, 0.25) is 5.02 Å². The Bertz CT molecular complexity index is 1420. The number of aromatic hydroxyl groups is 2. The SMILES string of the molecule is O=C(Nc1cccc2cccnc12)c1ccc(-n2c(O)c3c(c2O)[C@H]2C=C[C@@H]3C2)cc1Cl. The molecule has 0 fully saturated rings. The zero-order valence-corrected chi connectivity index (χ0v) is 17.5. The number of carbonyl (C=O) groups is 1. The zero-order valence-electron chi connectivity index (χ0n) is 16.8. The van der Waals surface area contributed by atoms with Gasteiger partial charge in [0.25, 0.3) is 5.91 Å². The Labute approximate surface area is 188 Å². The molecule has 0 saturated carbocycles. The molecule has 158 valence electrons. The number of hydrogen-bond acceptors (Lipinski definition) is 4. The monoisotopic (exact) mass is 443 g/mol. The number of rotatable bonds is 3. The highest BCUT2D eigenvalue weighted by molar-refractivity contribution is 6.34. The molecular formula is C25H18ClN3O3. The lowest BCUT2D eigenvalue weighted by Crippen LogP contribution is -2.13. The summed E-state index contributed by atoms with van der Waals surface area (Å²) in [5, 5.41) is 25.6. The lowest BCUT2D eigenvalue weighted by molar-refractivity contribution is 0.102. The Morgan fingerprint density at radius 1 is 1.03 bits per heavy atom. The number of carbonyl (C=O) groups excluding carboxylic acids is 1. The van der Waals surface area contributed by atoms with Crippen LogP contribution in [0, 0.1) is 0 Å². The van der Waals surface area contributed by atoms with Crippen LogP contribution in [0.5, 0.6) is 11.8 Å². The normalized spacial score (nSPS) is 18.3. The van der Waals surface area contributed by atoms with Gasteiger partial charge < -0.3 is 15.5 Å². The molecule has 7 heteroatoms. The molecule has 0 aliphatic heterocycles. The second-order valence-corrected chi connectivity index (χ2v) is 8.55. The first-order chi connectivity index (χ1) is 15.5. The van der Waals surface area contributed by atoms with Crippen molar-refractivity contribution in [3.05, 3.63) is 88.6 Å². The molecule has 0 radical (unpaired) electrons. The number of pyridine rings is 1. The number of anilines is 1. The molecule has 2 bridgehead atoms. The van der Waals surface area contributed by atoms with E-state index in [1.165, 1.54) is 4.57 Å². The number of benzene rings is 2. The molecule has 6 rings (SSSR count). The fraction of sp³-hybridized carbons (Fsp3) is 0.120. The number of amides is 1. The van der Waals surface area contributed by atoms with Gasteiger partial charge >= 0.3 is 0 Å². The van der Waals surface area contributed by atoms with Gasteiger partial charge in [0.2, 0.25) is 11.8 Å². The lowest BCUT2D eigenvalue weighted by atomic mass is 10.0. The second-order valence-electron chi connectivity index (χ2n) is 8.14. The summed E-state index contributed by atoms with van der Waals surface area (Å²) in [6.07, 6.45) is 6.70. The molecule has 1 amide bonds. The number of para-hydroxylation sites is 1. The van der Waals surface area contributed by atoms with Crippen LogP contribution in [0.4, 0.5) is 5.69 Å². The van der Waals surface area contributed by atoms with Crippen molar-refractivity contribution in [3.8, 4) is 17.4 Å². The van der Waals surface area contributed by atoms with Crippen molar-refractivity contribution in [3.63, 3.8) is 0 Å². The molecule has 3 N–H and O–H groups in total. The number of halogens is 1. The van der Waals surface area contributed by atoms with Crippen molar-refractivity contribution in [1.82, 2.24) is 9.55 Å². The summed E-state index contributed by atoms with van der Waals surface area (Å²) in [6.45, 7) is 0. The largest absolute Gasteiger partial charge is 0.494 e. The topological polar surface area (TPSA) is 87.4 Å². The van der Waals surface area contributed by atoms with E-state index < -0.39 is 0 Å². The molecule has 6 nitrogen and oxygen atoms in total. The zero-order chi connectivity index (χ0) is 22.0. The Morgan fingerprint density at radius 3 is 2.47 bits per heavy atom. The van der Waals surface area contributed by atoms with Crippen LogP contribution < -0.4 is 5.32 Å². The van der Waals surface area contributed by atoms with Crippen LogP contribution in [0.1, 0.15) is 39.7 Å². The molecule has 0 unspecified atom stereocenters. The van der Waals surface area contributed by atoms with Crippen molar-refractivity contribution >= 4 is 34.1 Å². The van der Waals surface area contributed by atoms with Crippen LogP contribution >= 0.6 is 11.6 Å². The first kappa shape index (κ1) is 19.0. The third kappa shape index (κ3) is 2.66. The van der Waals surface area contributed by atoms with Crippen LogP contribution in [0.3, 0.4) is 0 Å². The highest BCUT2D eigenvalue weighted by Gasteiger charge is 2.41. The van der Waals surface area contributed by atoms with Gasteiger partial charge in [0.15, 0.2) is 0 Å². The molecule has 0 saturated heterocycles. The predicted octanol–water partition coefficient (Wildman–Crippen LogP) is 5.48. The van der Waals surface area contributed by atoms with Gasteiger partial charge in [-0.1, -0.05) is 42.0 Å². The number of nitrogens with zero attached hydrogens (tertiary/aromatic N) is 2. The Hall–Kier alpha value is -3.77. The van der Waals surface area contributed by atoms with E-state index in [0.29, 0.717) is 16.9 Å². The summed E-state index contributed by atoms with van der Waals surface area (Å²) in [4.78, 5) is 17.3. The minimum atomic E-state index is -0.370. The van der Waals surface area contributed by atoms with E-state index in [0.717, 1.165) is 22.9 Å². The second kappa shape index (κ2) is 6.87. The number of allylic oxidation sites excluding steroid dienone is 2.